The molecule has 136 valence electrons. The van der Waals surface area contributed by atoms with Gasteiger partial charge in [-0.3, -0.25) is 0 Å². The molecule has 6 heteroatoms. The smallest absolute Gasteiger partial charge is 0.410 e. The van der Waals surface area contributed by atoms with E-state index < -0.39 is 5.60 Å². The van der Waals surface area contributed by atoms with E-state index in [4.69, 9.17) is 14.6 Å². The fraction of sp³-hybridized carbons (Fsp3) is 0.579. The highest BCUT2D eigenvalue weighted by atomic mass is 16.6. The van der Waals surface area contributed by atoms with Crippen LogP contribution in [0.4, 0.5) is 4.79 Å². The third-order valence-electron chi connectivity index (χ3n) is 4.09. The van der Waals surface area contributed by atoms with Crippen LogP contribution in [0.25, 0.3) is 0 Å². The Morgan fingerprint density at radius 1 is 1.36 bits per heavy atom. The SMILES string of the molecule is CC(C)(C)OC(=O)N1CCC(COc2ccc(CO)cc2C#N)CC1. The zero-order valence-corrected chi connectivity index (χ0v) is 15.1. The topological polar surface area (TPSA) is 82.8 Å². The number of nitriles is 1. The summed E-state index contributed by atoms with van der Waals surface area (Å²) in [6.45, 7) is 7.30. The van der Waals surface area contributed by atoms with Crippen LogP contribution in [-0.4, -0.2) is 41.4 Å². The van der Waals surface area contributed by atoms with Gasteiger partial charge in [0.15, 0.2) is 0 Å². The van der Waals surface area contributed by atoms with Gasteiger partial charge in [0.25, 0.3) is 0 Å². The van der Waals surface area contributed by atoms with E-state index in [1.165, 1.54) is 0 Å². The Hall–Kier alpha value is -2.26. The summed E-state index contributed by atoms with van der Waals surface area (Å²) in [5.41, 5.74) is 0.637. The molecule has 1 saturated heterocycles. The number of aliphatic hydroxyl groups excluding tert-OH is 1. The number of benzene rings is 1. The number of hydrogen-bond acceptors (Lipinski definition) is 5. The monoisotopic (exact) mass is 346 g/mol. The summed E-state index contributed by atoms with van der Waals surface area (Å²) in [7, 11) is 0. The Bertz CT molecular complexity index is 638. The fourth-order valence-corrected chi connectivity index (χ4v) is 2.71. The Morgan fingerprint density at radius 2 is 2.04 bits per heavy atom. The minimum Gasteiger partial charge on any atom is -0.492 e. The first-order valence-electron chi connectivity index (χ1n) is 8.57. The highest BCUT2D eigenvalue weighted by molar-refractivity contribution is 5.68. The van der Waals surface area contributed by atoms with Crippen LogP contribution in [0.1, 0.15) is 44.7 Å². The van der Waals surface area contributed by atoms with Crippen LogP contribution in [0.15, 0.2) is 18.2 Å². The first-order valence-corrected chi connectivity index (χ1v) is 8.57. The molecule has 0 radical (unpaired) electrons. The largest absolute Gasteiger partial charge is 0.492 e. The van der Waals surface area contributed by atoms with E-state index in [0.29, 0.717) is 42.5 Å². The second-order valence-corrected chi connectivity index (χ2v) is 7.32. The van der Waals surface area contributed by atoms with Crippen LogP contribution in [0.2, 0.25) is 0 Å². The molecule has 0 aromatic heterocycles. The Morgan fingerprint density at radius 3 is 2.60 bits per heavy atom. The van der Waals surface area contributed by atoms with Crippen molar-refractivity contribution in [2.75, 3.05) is 19.7 Å². The summed E-state index contributed by atoms with van der Waals surface area (Å²) in [5.74, 6) is 0.872. The summed E-state index contributed by atoms with van der Waals surface area (Å²) >= 11 is 0. The van der Waals surface area contributed by atoms with Crippen LogP contribution in [0.5, 0.6) is 5.75 Å². The zero-order chi connectivity index (χ0) is 18.4. The Balaban J connectivity index is 1.83. The average Bonchev–Trinajstić information content (AvgIpc) is 2.58. The lowest BCUT2D eigenvalue weighted by Gasteiger charge is -2.33. The molecule has 0 saturated carbocycles. The van der Waals surface area contributed by atoms with E-state index in [0.717, 1.165) is 12.8 Å². The number of piperidine rings is 1. The number of rotatable bonds is 4. The van der Waals surface area contributed by atoms with Crippen LogP contribution < -0.4 is 4.74 Å². The van der Waals surface area contributed by atoms with Gasteiger partial charge in [-0.2, -0.15) is 5.26 Å². The van der Waals surface area contributed by atoms with Crippen molar-refractivity contribution in [2.45, 2.75) is 45.8 Å². The standard InChI is InChI=1S/C19H26N2O4/c1-19(2,3)25-18(23)21-8-6-14(7-9-21)13-24-17-5-4-15(12-22)10-16(17)11-20/h4-5,10,14,22H,6-9,12-13H2,1-3H3. The summed E-state index contributed by atoms with van der Waals surface area (Å²) in [5, 5.41) is 18.3. The number of nitrogens with zero attached hydrogens (tertiary/aromatic N) is 2. The molecule has 1 aliphatic heterocycles. The van der Waals surface area contributed by atoms with Crippen molar-refractivity contribution in [2.24, 2.45) is 5.92 Å². The van der Waals surface area contributed by atoms with Crippen molar-refractivity contribution in [1.82, 2.24) is 4.90 Å². The van der Waals surface area contributed by atoms with Gasteiger partial charge in [0.1, 0.15) is 17.4 Å². The molecule has 1 aromatic carbocycles. The Labute approximate surface area is 149 Å². The maximum atomic E-state index is 12.1. The first kappa shape index (κ1) is 19.1. The molecule has 0 atom stereocenters. The van der Waals surface area contributed by atoms with Gasteiger partial charge in [0.05, 0.1) is 18.8 Å². The van der Waals surface area contributed by atoms with Gasteiger partial charge >= 0.3 is 6.09 Å². The minimum absolute atomic E-state index is 0.0991. The third kappa shape index (κ3) is 5.64. The molecule has 0 spiro atoms. The van der Waals surface area contributed by atoms with E-state index in [-0.39, 0.29) is 12.7 Å². The molecule has 0 bridgehead atoms. The van der Waals surface area contributed by atoms with Crippen molar-refractivity contribution < 1.29 is 19.4 Å². The molecule has 6 nitrogen and oxygen atoms in total. The molecule has 2 rings (SSSR count). The summed E-state index contributed by atoms with van der Waals surface area (Å²) in [6.07, 6.45) is 1.42. The second-order valence-electron chi connectivity index (χ2n) is 7.32. The van der Waals surface area contributed by atoms with Gasteiger partial charge in [-0.05, 0) is 57.2 Å². The normalized spacial score (nSPS) is 15.6. The van der Waals surface area contributed by atoms with Crippen LogP contribution >= 0.6 is 0 Å². The molecule has 1 aromatic rings. The third-order valence-corrected chi connectivity index (χ3v) is 4.09. The van der Waals surface area contributed by atoms with Crippen LogP contribution in [0.3, 0.4) is 0 Å². The van der Waals surface area contributed by atoms with Crippen molar-refractivity contribution in [3.8, 4) is 11.8 Å². The van der Waals surface area contributed by atoms with Gasteiger partial charge in [-0.1, -0.05) is 6.07 Å². The number of aliphatic hydroxyl groups is 1. The quantitative estimate of drug-likeness (QED) is 0.906. The van der Waals surface area contributed by atoms with Gasteiger partial charge in [0, 0.05) is 13.1 Å². The molecule has 1 aliphatic rings. The maximum Gasteiger partial charge on any atom is 0.410 e. The van der Waals surface area contributed by atoms with E-state index in [1.807, 2.05) is 20.8 Å². The lowest BCUT2D eigenvalue weighted by Crippen LogP contribution is -2.42. The van der Waals surface area contributed by atoms with Crippen molar-refractivity contribution >= 4 is 6.09 Å². The molecular formula is C19H26N2O4. The predicted molar refractivity (Wildman–Crippen MR) is 93.1 cm³/mol. The number of amides is 1. The van der Waals surface area contributed by atoms with E-state index in [9.17, 15) is 10.1 Å². The molecule has 1 N–H and O–H groups in total. The fourth-order valence-electron chi connectivity index (χ4n) is 2.71. The second kappa shape index (κ2) is 8.21. The predicted octanol–water partition coefficient (Wildman–Crippen LogP) is 3.08. The number of carbonyl (C=O) groups excluding carboxylic acids is 1. The minimum atomic E-state index is -0.481. The highest BCUT2D eigenvalue weighted by Crippen LogP contribution is 2.24. The maximum absolute atomic E-state index is 12.1. The van der Waals surface area contributed by atoms with Crippen molar-refractivity contribution in [1.29, 1.82) is 5.26 Å². The lowest BCUT2D eigenvalue weighted by atomic mass is 9.98. The van der Waals surface area contributed by atoms with Crippen LogP contribution in [0, 0.1) is 17.2 Å². The summed E-state index contributed by atoms with van der Waals surface area (Å²) < 4.78 is 11.2. The Kier molecular flexibility index (Phi) is 6.27. The van der Waals surface area contributed by atoms with Gasteiger partial charge in [0.2, 0.25) is 0 Å². The van der Waals surface area contributed by atoms with Gasteiger partial charge in [-0.15, -0.1) is 0 Å². The van der Waals surface area contributed by atoms with Gasteiger partial charge in [-0.25, -0.2) is 4.79 Å². The first-order chi connectivity index (χ1) is 11.8. The molecule has 1 fully saturated rings. The number of hydrogen-bond donors (Lipinski definition) is 1. The molecule has 25 heavy (non-hydrogen) atoms. The van der Waals surface area contributed by atoms with E-state index in [2.05, 4.69) is 6.07 Å². The summed E-state index contributed by atoms with van der Waals surface area (Å²) in [6, 6.07) is 7.21. The number of carbonyl (C=O) groups is 1. The molecule has 0 aliphatic carbocycles. The van der Waals surface area contributed by atoms with E-state index in [1.54, 1.807) is 23.1 Å². The van der Waals surface area contributed by atoms with E-state index >= 15 is 0 Å². The van der Waals surface area contributed by atoms with Gasteiger partial charge < -0.3 is 19.5 Å². The van der Waals surface area contributed by atoms with Crippen LogP contribution in [-0.2, 0) is 11.3 Å². The zero-order valence-electron chi connectivity index (χ0n) is 15.1. The molecule has 1 heterocycles. The van der Waals surface area contributed by atoms with Crippen molar-refractivity contribution in [3.05, 3.63) is 29.3 Å². The highest BCUT2D eigenvalue weighted by Gasteiger charge is 2.27. The number of ether oxygens (including phenoxy) is 2. The molecule has 1 amide bonds. The summed E-state index contributed by atoms with van der Waals surface area (Å²) in [4.78, 5) is 13.8. The molecular weight excluding hydrogens is 320 g/mol. The van der Waals surface area contributed by atoms with Crippen molar-refractivity contribution in [3.63, 3.8) is 0 Å². The lowest BCUT2D eigenvalue weighted by molar-refractivity contribution is 0.0165. The average molecular weight is 346 g/mol. The number of likely N-dealkylation sites (tertiary alicyclic amines) is 1. The molecule has 0 unspecified atom stereocenters.